The average Bonchev–Trinajstić information content (AvgIpc) is 2.77. The van der Waals surface area contributed by atoms with E-state index in [2.05, 4.69) is 15.6 Å². The topological polar surface area (TPSA) is 80.1 Å². The van der Waals surface area contributed by atoms with Crippen molar-refractivity contribution in [2.75, 3.05) is 17.7 Å². The molecular weight excluding hydrogens is 288 g/mol. The van der Waals surface area contributed by atoms with Crippen molar-refractivity contribution in [3.63, 3.8) is 0 Å². The molecule has 2 aromatic rings. The number of nitro groups is 1. The van der Waals surface area contributed by atoms with Gasteiger partial charge in [-0.1, -0.05) is 6.07 Å². The largest absolute Gasteiger partial charge is 0.382 e. The number of nitrogens with one attached hydrogen (secondary N) is 2. The molecular formula is C14H18N4O2S. The predicted molar refractivity (Wildman–Crippen MR) is 86.3 cm³/mol. The molecule has 112 valence electrons. The molecule has 0 aliphatic rings. The molecule has 2 rings (SSSR count). The van der Waals surface area contributed by atoms with Crippen molar-refractivity contribution in [1.82, 2.24) is 4.98 Å². The standard InChI is InChI=1S/C14H18N4O2S/c1-8-14(21-10(3)16-8)9(2)17-12-7-5-6-11(15-4)13(12)18(19)20/h5-7,9,15,17H,1-4H3. The maximum absolute atomic E-state index is 11.3. The predicted octanol–water partition coefficient (Wildman–Crippen LogP) is 3.88. The summed E-state index contributed by atoms with van der Waals surface area (Å²) in [7, 11) is 1.67. The van der Waals surface area contributed by atoms with Crippen molar-refractivity contribution < 1.29 is 4.92 Å². The number of benzene rings is 1. The van der Waals surface area contributed by atoms with Gasteiger partial charge in [-0.3, -0.25) is 10.1 Å². The van der Waals surface area contributed by atoms with Crippen molar-refractivity contribution in [2.45, 2.75) is 26.8 Å². The summed E-state index contributed by atoms with van der Waals surface area (Å²) in [6.07, 6.45) is 0. The Morgan fingerprint density at radius 2 is 2.00 bits per heavy atom. The van der Waals surface area contributed by atoms with Crippen LogP contribution in [0.1, 0.15) is 28.5 Å². The molecule has 1 heterocycles. The van der Waals surface area contributed by atoms with E-state index >= 15 is 0 Å². The van der Waals surface area contributed by atoms with Crippen LogP contribution >= 0.6 is 11.3 Å². The first-order valence-electron chi connectivity index (χ1n) is 6.59. The normalized spacial score (nSPS) is 12.0. The Bertz CT molecular complexity index is 669. The summed E-state index contributed by atoms with van der Waals surface area (Å²) in [5.41, 5.74) is 2.02. The van der Waals surface area contributed by atoms with Crippen LogP contribution in [0.5, 0.6) is 0 Å². The number of hydrogen-bond acceptors (Lipinski definition) is 6. The molecule has 0 bridgehead atoms. The lowest BCUT2D eigenvalue weighted by molar-refractivity contribution is -0.383. The molecule has 0 amide bonds. The summed E-state index contributed by atoms with van der Waals surface area (Å²) < 4.78 is 0. The first-order chi connectivity index (χ1) is 9.93. The van der Waals surface area contributed by atoms with E-state index < -0.39 is 0 Å². The van der Waals surface area contributed by atoms with Crippen LogP contribution in [0.4, 0.5) is 17.1 Å². The van der Waals surface area contributed by atoms with Crippen LogP contribution in [0.15, 0.2) is 18.2 Å². The Kier molecular flexibility index (Phi) is 4.42. The number of para-hydroxylation sites is 1. The van der Waals surface area contributed by atoms with Crippen molar-refractivity contribution in [3.8, 4) is 0 Å². The molecule has 0 saturated heterocycles. The number of aryl methyl sites for hydroxylation is 2. The fourth-order valence-corrected chi connectivity index (χ4v) is 3.24. The number of thiazole rings is 1. The van der Waals surface area contributed by atoms with E-state index in [0.717, 1.165) is 15.6 Å². The molecule has 0 aliphatic carbocycles. The quantitative estimate of drug-likeness (QED) is 0.647. The van der Waals surface area contributed by atoms with Gasteiger partial charge in [0.05, 0.1) is 21.7 Å². The van der Waals surface area contributed by atoms with Crippen molar-refractivity contribution in [2.24, 2.45) is 0 Å². The number of hydrogen-bond donors (Lipinski definition) is 2. The maximum atomic E-state index is 11.3. The van der Waals surface area contributed by atoms with E-state index in [0.29, 0.717) is 11.4 Å². The van der Waals surface area contributed by atoms with Gasteiger partial charge in [0.15, 0.2) is 0 Å². The minimum atomic E-state index is -0.369. The molecule has 1 atom stereocenters. The molecule has 0 spiro atoms. The lowest BCUT2D eigenvalue weighted by Gasteiger charge is -2.15. The molecule has 0 fully saturated rings. The number of rotatable bonds is 5. The highest BCUT2D eigenvalue weighted by Gasteiger charge is 2.21. The van der Waals surface area contributed by atoms with Crippen LogP contribution in [-0.2, 0) is 0 Å². The molecule has 6 nitrogen and oxygen atoms in total. The second kappa shape index (κ2) is 6.09. The molecule has 21 heavy (non-hydrogen) atoms. The zero-order valence-electron chi connectivity index (χ0n) is 12.4. The van der Waals surface area contributed by atoms with Crippen LogP contribution in [0.25, 0.3) is 0 Å². The van der Waals surface area contributed by atoms with Gasteiger partial charge in [-0.2, -0.15) is 0 Å². The van der Waals surface area contributed by atoms with Crippen LogP contribution < -0.4 is 10.6 Å². The minimum Gasteiger partial charge on any atom is -0.382 e. The first-order valence-corrected chi connectivity index (χ1v) is 7.41. The molecule has 7 heteroatoms. The Labute approximate surface area is 127 Å². The third-order valence-corrected chi connectivity index (χ3v) is 4.45. The van der Waals surface area contributed by atoms with Gasteiger partial charge in [-0.15, -0.1) is 11.3 Å². The van der Waals surface area contributed by atoms with Crippen molar-refractivity contribution in [3.05, 3.63) is 43.9 Å². The van der Waals surface area contributed by atoms with Crippen LogP contribution in [0.3, 0.4) is 0 Å². The SMILES string of the molecule is CNc1cccc(NC(C)c2sc(C)nc2C)c1[N+](=O)[O-]. The fourth-order valence-electron chi connectivity index (χ4n) is 2.31. The number of nitrogens with zero attached hydrogens (tertiary/aromatic N) is 2. The summed E-state index contributed by atoms with van der Waals surface area (Å²) in [6.45, 7) is 5.89. The average molecular weight is 306 g/mol. The number of nitro benzene ring substituents is 1. The van der Waals surface area contributed by atoms with Crippen LogP contribution in [0, 0.1) is 24.0 Å². The van der Waals surface area contributed by atoms with Gasteiger partial charge in [-0.25, -0.2) is 4.98 Å². The van der Waals surface area contributed by atoms with E-state index in [1.807, 2.05) is 20.8 Å². The highest BCUT2D eigenvalue weighted by atomic mass is 32.1. The summed E-state index contributed by atoms with van der Waals surface area (Å²) >= 11 is 1.61. The highest BCUT2D eigenvalue weighted by molar-refractivity contribution is 7.11. The minimum absolute atomic E-state index is 0.0398. The molecule has 1 aromatic carbocycles. The Hall–Kier alpha value is -2.15. The molecule has 2 N–H and O–H groups in total. The molecule has 0 saturated carbocycles. The zero-order valence-corrected chi connectivity index (χ0v) is 13.2. The molecule has 0 aliphatic heterocycles. The monoisotopic (exact) mass is 306 g/mol. The van der Waals surface area contributed by atoms with Gasteiger partial charge < -0.3 is 10.6 Å². The molecule has 1 aromatic heterocycles. The summed E-state index contributed by atoms with van der Waals surface area (Å²) in [5, 5.41) is 18.4. The first kappa shape index (κ1) is 15.2. The van der Waals surface area contributed by atoms with Gasteiger partial charge in [0, 0.05) is 11.9 Å². The maximum Gasteiger partial charge on any atom is 0.315 e. The zero-order chi connectivity index (χ0) is 15.6. The van der Waals surface area contributed by atoms with Gasteiger partial charge in [0.25, 0.3) is 0 Å². The van der Waals surface area contributed by atoms with E-state index in [9.17, 15) is 10.1 Å². The summed E-state index contributed by atoms with van der Waals surface area (Å²) in [6, 6.07) is 5.16. The van der Waals surface area contributed by atoms with Crippen molar-refractivity contribution in [1.29, 1.82) is 0 Å². The Morgan fingerprint density at radius 3 is 2.52 bits per heavy atom. The highest BCUT2D eigenvalue weighted by Crippen LogP contribution is 2.36. The number of aromatic nitrogens is 1. The smallest absolute Gasteiger partial charge is 0.315 e. The lowest BCUT2D eigenvalue weighted by atomic mass is 10.2. The van der Waals surface area contributed by atoms with Crippen LogP contribution in [-0.4, -0.2) is 17.0 Å². The van der Waals surface area contributed by atoms with Gasteiger partial charge in [-0.05, 0) is 32.9 Å². The second-order valence-corrected chi connectivity index (χ2v) is 5.99. The van der Waals surface area contributed by atoms with Crippen LogP contribution in [0.2, 0.25) is 0 Å². The van der Waals surface area contributed by atoms with E-state index in [4.69, 9.17) is 0 Å². The summed E-state index contributed by atoms with van der Waals surface area (Å²) in [5.74, 6) is 0. The van der Waals surface area contributed by atoms with E-state index in [1.54, 1.807) is 36.6 Å². The summed E-state index contributed by atoms with van der Waals surface area (Å²) in [4.78, 5) is 16.4. The third kappa shape index (κ3) is 3.13. The fraction of sp³-hybridized carbons (Fsp3) is 0.357. The van der Waals surface area contributed by atoms with Crippen molar-refractivity contribution >= 4 is 28.4 Å². The lowest BCUT2D eigenvalue weighted by Crippen LogP contribution is -2.09. The van der Waals surface area contributed by atoms with Gasteiger partial charge in [0.1, 0.15) is 11.4 Å². The Balaban J connectivity index is 2.35. The molecule has 1 unspecified atom stereocenters. The van der Waals surface area contributed by atoms with E-state index in [1.165, 1.54) is 0 Å². The second-order valence-electron chi connectivity index (χ2n) is 4.76. The van der Waals surface area contributed by atoms with Gasteiger partial charge in [0.2, 0.25) is 0 Å². The molecule has 0 radical (unpaired) electrons. The number of anilines is 2. The Morgan fingerprint density at radius 1 is 1.33 bits per heavy atom. The van der Waals surface area contributed by atoms with E-state index in [-0.39, 0.29) is 16.7 Å². The van der Waals surface area contributed by atoms with Gasteiger partial charge >= 0.3 is 5.69 Å². The third-order valence-electron chi connectivity index (χ3n) is 3.19.